The average molecular weight is 261 g/mol. The van der Waals surface area contributed by atoms with Gasteiger partial charge in [0.2, 0.25) is 19.2 Å². The highest BCUT2D eigenvalue weighted by Gasteiger charge is 2.20. The Morgan fingerprint density at radius 2 is 2.25 bits per heavy atom. The van der Waals surface area contributed by atoms with Crippen LogP contribution in [0.1, 0.15) is 16.7 Å². The largest absolute Gasteiger partial charge is 0.346 e. The number of nitrogens with zero attached hydrogens (tertiary/aromatic N) is 2. The van der Waals surface area contributed by atoms with Crippen molar-refractivity contribution >= 4 is 27.1 Å². The lowest BCUT2D eigenvalue weighted by Gasteiger charge is -1.95. The van der Waals surface area contributed by atoms with E-state index in [1.807, 2.05) is 0 Å². The summed E-state index contributed by atoms with van der Waals surface area (Å²) in [7, 11) is -3.39. The first kappa shape index (κ1) is 12.8. The zero-order chi connectivity index (χ0) is 12.2. The van der Waals surface area contributed by atoms with Gasteiger partial charge in [0.1, 0.15) is 0 Å². The third-order valence-corrected chi connectivity index (χ3v) is 4.76. The molecule has 16 heavy (non-hydrogen) atoms. The van der Waals surface area contributed by atoms with Gasteiger partial charge in [-0.15, -0.1) is 16.8 Å². The molecule has 0 fully saturated rings. The first-order valence-electron chi connectivity index (χ1n) is 4.46. The molecule has 0 saturated heterocycles. The number of hydrogen-bond donors (Lipinski definition) is 1. The maximum Gasteiger partial charge on any atom is 0.282 e. The third kappa shape index (κ3) is 2.86. The van der Waals surface area contributed by atoms with E-state index in [-0.39, 0.29) is 15.1 Å². The molecular formula is C8H11N3O3S2. The van der Waals surface area contributed by atoms with Crippen LogP contribution in [0.2, 0.25) is 0 Å². The molecule has 0 radical (unpaired) electrons. The summed E-state index contributed by atoms with van der Waals surface area (Å²) < 4.78 is 22.7. The highest BCUT2D eigenvalue weighted by atomic mass is 32.2. The van der Waals surface area contributed by atoms with E-state index >= 15 is 0 Å². The van der Waals surface area contributed by atoms with E-state index < -0.39 is 15.7 Å². The summed E-state index contributed by atoms with van der Waals surface area (Å²) in [6, 6.07) is 0. The van der Waals surface area contributed by atoms with Crippen molar-refractivity contribution in [3.63, 3.8) is 0 Å². The van der Waals surface area contributed by atoms with E-state index in [2.05, 4.69) is 22.1 Å². The van der Waals surface area contributed by atoms with Crippen LogP contribution in [0.4, 0.5) is 0 Å². The van der Waals surface area contributed by atoms with Crippen molar-refractivity contribution in [1.82, 2.24) is 15.5 Å². The van der Waals surface area contributed by atoms with E-state index in [1.165, 1.54) is 13.0 Å². The third-order valence-electron chi connectivity index (χ3n) is 1.65. The quantitative estimate of drug-likeness (QED) is 0.767. The van der Waals surface area contributed by atoms with E-state index in [1.54, 1.807) is 0 Å². The first-order valence-corrected chi connectivity index (χ1v) is 6.93. The molecule has 1 aromatic rings. The summed E-state index contributed by atoms with van der Waals surface area (Å²) in [6.45, 7) is 5.25. The SMILES string of the molecule is C=CCNC(=O)c1nnc(S(=O)(=O)CC)s1. The normalized spacial score (nSPS) is 11.1. The number of aromatic nitrogens is 2. The Morgan fingerprint density at radius 3 is 2.81 bits per heavy atom. The van der Waals surface area contributed by atoms with Crippen molar-refractivity contribution in [1.29, 1.82) is 0 Å². The molecule has 8 heteroatoms. The van der Waals surface area contributed by atoms with E-state index in [0.29, 0.717) is 6.54 Å². The Hall–Kier alpha value is -1.28. The van der Waals surface area contributed by atoms with Gasteiger partial charge in [-0.3, -0.25) is 4.79 Å². The van der Waals surface area contributed by atoms with Gasteiger partial charge in [0.25, 0.3) is 5.91 Å². The molecule has 88 valence electrons. The molecule has 1 amide bonds. The van der Waals surface area contributed by atoms with Gasteiger partial charge in [0, 0.05) is 6.54 Å². The van der Waals surface area contributed by atoms with Crippen LogP contribution < -0.4 is 5.32 Å². The molecule has 0 bridgehead atoms. The molecule has 0 unspecified atom stereocenters. The van der Waals surface area contributed by atoms with Gasteiger partial charge in [0.15, 0.2) is 0 Å². The van der Waals surface area contributed by atoms with Crippen LogP contribution in [0.3, 0.4) is 0 Å². The van der Waals surface area contributed by atoms with Crippen molar-refractivity contribution in [3.05, 3.63) is 17.7 Å². The standard InChI is InChI=1S/C8H11N3O3S2/c1-3-5-9-6(12)7-10-11-8(15-7)16(13,14)4-2/h3H,1,4-5H2,2H3,(H,9,12). The van der Waals surface area contributed by atoms with Gasteiger partial charge < -0.3 is 5.32 Å². The molecule has 0 aliphatic rings. The molecule has 1 rings (SSSR count). The summed E-state index contributed by atoms with van der Waals surface area (Å²) in [5.74, 6) is -0.509. The predicted octanol–water partition coefficient (Wildman–Crippen LogP) is 0.248. The lowest BCUT2D eigenvalue weighted by molar-refractivity contribution is 0.0957. The zero-order valence-electron chi connectivity index (χ0n) is 8.63. The molecule has 1 heterocycles. The minimum Gasteiger partial charge on any atom is -0.346 e. The average Bonchev–Trinajstić information content (AvgIpc) is 2.75. The van der Waals surface area contributed by atoms with E-state index in [0.717, 1.165) is 11.3 Å². The van der Waals surface area contributed by atoms with Crippen LogP contribution in [0.25, 0.3) is 0 Å². The van der Waals surface area contributed by atoms with Crippen LogP contribution in [0.15, 0.2) is 17.0 Å². The molecule has 0 spiro atoms. The number of nitrogens with one attached hydrogen (secondary N) is 1. The van der Waals surface area contributed by atoms with Crippen LogP contribution >= 0.6 is 11.3 Å². The fraction of sp³-hybridized carbons (Fsp3) is 0.375. The van der Waals surface area contributed by atoms with Gasteiger partial charge in [-0.25, -0.2) is 8.42 Å². The predicted molar refractivity (Wildman–Crippen MR) is 60.2 cm³/mol. The van der Waals surface area contributed by atoms with Crippen LogP contribution in [-0.4, -0.2) is 36.8 Å². The van der Waals surface area contributed by atoms with Crippen LogP contribution in [-0.2, 0) is 9.84 Å². The number of rotatable bonds is 5. The Kier molecular flexibility index (Phi) is 4.13. The number of hydrogen-bond acceptors (Lipinski definition) is 6. The van der Waals surface area contributed by atoms with Gasteiger partial charge in [-0.1, -0.05) is 24.3 Å². The summed E-state index contributed by atoms with van der Waals surface area (Å²) in [4.78, 5) is 11.4. The Labute approximate surface area is 97.3 Å². The van der Waals surface area contributed by atoms with Crippen molar-refractivity contribution in [2.75, 3.05) is 12.3 Å². The second-order valence-electron chi connectivity index (χ2n) is 2.78. The highest BCUT2D eigenvalue weighted by molar-refractivity contribution is 7.93. The Bertz CT molecular complexity index is 492. The van der Waals surface area contributed by atoms with Gasteiger partial charge in [-0.05, 0) is 0 Å². The molecule has 0 aliphatic carbocycles. The first-order chi connectivity index (χ1) is 7.51. The molecule has 1 N–H and O–H groups in total. The lowest BCUT2D eigenvalue weighted by Crippen LogP contribution is -2.22. The van der Waals surface area contributed by atoms with Crippen molar-refractivity contribution in [2.24, 2.45) is 0 Å². The summed E-state index contributed by atoms with van der Waals surface area (Å²) >= 11 is 0.766. The molecule has 0 saturated carbocycles. The number of sulfone groups is 1. The second-order valence-corrected chi connectivity index (χ2v) is 6.20. The molecule has 0 aliphatic heterocycles. The maximum absolute atomic E-state index is 11.4. The number of amides is 1. The van der Waals surface area contributed by atoms with Crippen molar-refractivity contribution < 1.29 is 13.2 Å². The summed E-state index contributed by atoms with van der Waals surface area (Å²) in [5, 5.41) is 9.53. The fourth-order valence-corrected chi connectivity index (χ4v) is 2.80. The molecule has 1 aromatic heterocycles. The molecule has 0 aromatic carbocycles. The molecule has 0 atom stereocenters. The topological polar surface area (TPSA) is 89.0 Å². The van der Waals surface area contributed by atoms with Crippen molar-refractivity contribution in [3.8, 4) is 0 Å². The number of carbonyl (C=O) groups excluding carboxylic acids is 1. The minimum atomic E-state index is -3.39. The van der Waals surface area contributed by atoms with Crippen molar-refractivity contribution in [2.45, 2.75) is 11.3 Å². The zero-order valence-corrected chi connectivity index (χ0v) is 10.3. The molecular weight excluding hydrogens is 250 g/mol. The van der Waals surface area contributed by atoms with Crippen LogP contribution in [0.5, 0.6) is 0 Å². The summed E-state index contributed by atoms with van der Waals surface area (Å²) in [6.07, 6.45) is 1.52. The molecule has 6 nitrogen and oxygen atoms in total. The Morgan fingerprint density at radius 1 is 1.56 bits per heavy atom. The fourth-order valence-electron chi connectivity index (χ4n) is 0.791. The minimum absolute atomic E-state index is 0.0360. The monoisotopic (exact) mass is 261 g/mol. The highest BCUT2D eigenvalue weighted by Crippen LogP contribution is 2.16. The number of carbonyl (C=O) groups is 1. The smallest absolute Gasteiger partial charge is 0.282 e. The van der Waals surface area contributed by atoms with E-state index in [9.17, 15) is 13.2 Å². The van der Waals surface area contributed by atoms with Gasteiger partial charge >= 0.3 is 0 Å². The van der Waals surface area contributed by atoms with Gasteiger partial charge in [0.05, 0.1) is 5.75 Å². The van der Waals surface area contributed by atoms with Gasteiger partial charge in [-0.2, -0.15) is 0 Å². The maximum atomic E-state index is 11.4. The summed E-state index contributed by atoms with van der Waals surface area (Å²) in [5.41, 5.74) is 0. The lowest BCUT2D eigenvalue weighted by atomic mass is 10.5. The second kappa shape index (κ2) is 5.17. The van der Waals surface area contributed by atoms with E-state index in [4.69, 9.17) is 0 Å². The van der Waals surface area contributed by atoms with Crippen LogP contribution in [0, 0.1) is 0 Å². The Balaban J connectivity index is 2.87.